The van der Waals surface area contributed by atoms with E-state index in [1.807, 2.05) is 0 Å². The number of amides is 2. The van der Waals surface area contributed by atoms with E-state index in [0.717, 1.165) is 4.47 Å². The Bertz CT molecular complexity index is 466. The van der Waals surface area contributed by atoms with Gasteiger partial charge in [-0.3, -0.25) is 9.59 Å². The number of methoxy groups -OCH3 is 1. The fourth-order valence-corrected chi connectivity index (χ4v) is 2.51. The molecule has 1 aromatic carbocycles. The van der Waals surface area contributed by atoms with Gasteiger partial charge < -0.3 is 15.4 Å². The summed E-state index contributed by atoms with van der Waals surface area (Å²) in [6.45, 7) is 0.802. The van der Waals surface area contributed by atoms with Crippen molar-refractivity contribution in [2.24, 2.45) is 0 Å². The van der Waals surface area contributed by atoms with Crippen LogP contribution < -0.4 is 10.6 Å². The van der Waals surface area contributed by atoms with Crippen LogP contribution in [0.4, 0.5) is 0 Å². The van der Waals surface area contributed by atoms with Crippen LogP contribution >= 0.6 is 31.9 Å². The third-order valence-corrected chi connectivity index (χ3v) is 3.36. The van der Waals surface area contributed by atoms with Gasteiger partial charge in [-0.15, -0.1) is 0 Å². The Labute approximate surface area is 128 Å². The zero-order chi connectivity index (χ0) is 14.3. The zero-order valence-corrected chi connectivity index (χ0v) is 13.5. The van der Waals surface area contributed by atoms with Crippen LogP contribution in [0.1, 0.15) is 10.4 Å². The molecular weight excluding hydrogens is 380 g/mol. The first kappa shape index (κ1) is 16.1. The van der Waals surface area contributed by atoms with Crippen molar-refractivity contribution in [2.75, 3.05) is 26.8 Å². The van der Waals surface area contributed by atoms with Crippen LogP contribution in [0.25, 0.3) is 0 Å². The quantitative estimate of drug-likeness (QED) is 0.723. The topological polar surface area (TPSA) is 67.4 Å². The number of hydrogen-bond donors (Lipinski definition) is 2. The lowest BCUT2D eigenvalue weighted by atomic mass is 10.2. The average molecular weight is 394 g/mol. The summed E-state index contributed by atoms with van der Waals surface area (Å²) < 4.78 is 6.34. The Hall–Kier alpha value is -0.920. The van der Waals surface area contributed by atoms with E-state index >= 15 is 0 Å². The van der Waals surface area contributed by atoms with Crippen LogP contribution in [-0.4, -0.2) is 38.6 Å². The predicted octanol–water partition coefficient (Wildman–Crippen LogP) is 1.70. The maximum Gasteiger partial charge on any atom is 0.252 e. The number of carbonyl (C=O) groups excluding carboxylic acids is 2. The average Bonchev–Trinajstić information content (AvgIpc) is 2.36. The van der Waals surface area contributed by atoms with Crippen LogP contribution in [0.2, 0.25) is 0 Å². The summed E-state index contributed by atoms with van der Waals surface area (Å²) in [5.41, 5.74) is 0.480. The lowest BCUT2D eigenvalue weighted by Gasteiger charge is -2.08. The molecule has 0 saturated heterocycles. The van der Waals surface area contributed by atoms with E-state index in [0.29, 0.717) is 23.2 Å². The molecule has 2 N–H and O–H groups in total. The van der Waals surface area contributed by atoms with Gasteiger partial charge in [0.1, 0.15) is 0 Å². The Morgan fingerprint density at radius 1 is 1.26 bits per heavy atom. The number of nitrogens with one attached hydrogen (secondary N) is 2. The lowest BCUT2D eigenvalue weighted by Crippen LogP contribution is -2.38. The van der Waals surface area contributed by atoms with Crippen LogP contribution in [0, 0.1) is 0 Å². The minimum Gasteiger partial charge on any atom is -0.383 e. The highest BCUT2D eigenvalue weighted by Crippen LogP contribution is 2.21. The highest BCUT2D eigenvalue weighted by atomic mass is 79.9. The number of ether oxygens (including phenoxy) is 1. The van der Waals surface area contributed by atoms with Crippen LogP contribution in [0.5, 0.6) is 0 Å². The summed E-state index contributed by atoms with van der Waals surface area (Å²) in [4.78, 5) is 23.2. The molecule has 0 spiro atoms. The first-order valence-corrected chi connectivity index (χ1v) is 7.12. The van der Waals surface area contributed by atoms with Crippen molar-refractivity contribution in [1.29, 1.82) is 0 Å². The highest BCUT2D eigenvalue weighted by Gasteiger charge is 2.11. The maximum atomic E-state index is 11.9. The third kappa shape index (κ3) is 5.71. The summed E-state index contributed by atoms with van der Waals surface area (Å²) in [6, 6.07) is 5.21. The molecule has 0 aliphatic heterocycles. The summed E-state index contributed by atoms with van der Waals surface area (Å²) in [6.07, 6.45) is 0. The molecule has 0 aliphatic carbocycles. The van der Waals surface area contributed by atoms with Crippen LogP contribution in [-0.2, 0) is 9.53 Å². The number of carbonyl (C=O) groups is 2. The van der Waals surface area contributed by atoms with Gasteiger partial charge in [-0.25, -0.2) is 0 Å². The Morgan fingerprint density at radius 3 is 2.63 bits per heavy atom. The van der Waals surface area contributed by atoms with Gasteiger partial charge in [0.15, 0.2) is 0 Å². The first-order chi connectivity index (χ1) is 9.04. The monoisotopic (exact) mass is 392 g/mol. The molecule has 19 heavy (non-hydrogen) atoms. The first-order valence-electron chi connectivity index (χ1n) is 5.53. The van der Waals surface area contributed by atoms with Gasteiger partial charge in [0.2, 0.25) is 5.91 Å². The molecule has 0 unspecified atom stereocenters. The van der Waals surface area contributed by atoms with Gasteiger partial charge in [0, 0.05) is 22.6 Å². The Kier molecular flexibility index (Phi) is 7.04. The van der Waals surface area contributed by atoms with Crippen molar-refractivity contribution < 1.29 is 14.3 Å². The van der Waals surface area contributed by atoms with Crippen LogP contribution in [0.15, 0.2) is 27.1 Å². The minimum absolute atomic E-state index is 0.0644. The lowest BCUT2D eigenvalue weighted by molar-refractivity contribution is -0.120. The second-order valence-electron chi connectivity index (χ2n) is 3.65. The van der Waals surface area contributed by atoms with E-state index in [4.69, 9.17) is 4.74 Å². The van der Waals surface area contributed by atoms with E-state index < -0.39 is 0 Å². The fourth-order valence-electron chi connectivity index (χ4n) is 1.28. The van der Waals surface area contributed by atoms with Gasteiger partial charge in [-0.2, -0.15) is 0 Å². The molecule has 0 atom stereocenters. The molecule has 5 nitrogen and oxygen atoms in total. The van der Waals surface area contributed by atoms with E-state index in [1.54, 1.807) is 25.3 Å². The largest absolute Gasteiger partial charge is 0.383 e. The molecule has 7 heteroatoms. The maximum absolute atomic E-state index is 11.9. The van der Waals surface area contributed by atoms with E-state index in [-0.39, 0.29) is 18.4 Å². The van der Waals surface area contributed by atoms with E-state index in [2.05, 4.69) is 42.5 Å². The SMILES string of the molecule is COCCNC(=O)CNC(=O)c1ccc(Br)cc1Br. The molecule has 0 heterocycles. The second-order valence-corrected chi connectivity index (χ2v) is 5.42. The summed E-state index contributed by atoms with van der Waals surface area (Å²) >= 11 is 6.60. The molecule has 0 saturated carbocycles. The van der Waals surface area contributed by atoms with Crippen molar-refractivity contribution >= 4 is 43.7 Å². The normalized spacial score (nSPS) is 10.1. The third-order valence-electron chi connectivity index (χ3n) is 2.21. The number of benzene rings is 1. The summed E-state index contributed by atoms with van der Waals surface area (Å²) in [7, 11) is 1.55. The van der Waals surface area contributed by atoms with Gasteiger partial charge in [0.05, 0.1) is 18.7 Å². The number of halogens is 2. The molecule has 2 amide bonds. The van der Waals surface area contributed by atoms with Crippen molar-refractivity contribution in [3.8, 4) is 0 Å². The van der Waals surface area contributed by atoms with Gasteiger partial charge in [0.25, 0.3) is 5.91 Å². The second kappa shape index (κ2) is 8.29. The number of rotatable bonds is 6. The molecular formula is C12H14Br2N2O3. The molecule has 0 aromatic heterocycles. The molecule has 0 bridgehead atoms. The van der Waals surface area contributed by atoms with Gasteiger partial charge in [-0.05, 0) is 34.1 Å². The molecule has 1 rings (SSSR count). The minimum atomic E-state index is -0.304. The summed E-state index contributed by atoms with van der Waals surface area (Å²) in [5.74, 6) is -0.556. The van der Waals surface area contributed by atoms with Gasteiger partial charge >= 0.3 is 0 Å². The van der Waals surface area contributed by atoms with Crippen molar-refractivity contribution in [3.63, 3.8) is 0 Å². The van der Waals surface area contributed by atoms with Crippen molar-refractivity contribution in [2.45, 2.75) is 0 Å². The predicted molar refractivity (Wildman–Crippen MR) is 79.1 cm³/mol. The molecule has 1 aromatic rings. The molecule has 0 radical (unpaired) electrons. The van der Waals surface area contributed by atoms with E-state index in [9.17, 15) is 9.59 Å². The smallest absolute Gasteiger partial charge is 0.252 e. The summed E-state index contributed by atoms with van der Waals surface area (Å²) in [5, 5.41) is 5.17. The Balaban J connectivity index is 2.45. The number of hydrogen-bond acceptors (Lipinski definition) is 3. The molecule has 0 fully saturated rings. The van der Waals surface area contributed by atoms with Crippen molar-refractivity contribution in [3.05, 3.63) is 32.7 Å². The molecule has 0 aliphatic rings. The van der Waals surface area contributed by atoms with Gasteiger partial charge in [-0.1, -0.05) is 15.9 Å². The van der Waals surface area contributed by atoms with E-state index in [1.165, 1.54) is 0 Å². The standard InChI is InChI=1S/C12H14Br2N2O3/c1-19-5-4-15-11(17)7-16-12(18)9-3-2-8(13)6-10(9)14/h2-3,6H,4-5,7H2,1H3,(H,15,17)(H,16,18). The fraction of sp³-hybridized carbons (Fsp3) is 0.333. The zero-order valence-electron chi connectivity index (χ0n) is 10.3. The van der Waals surface area contributed by atoms with Crippen molar-refractivity contribution in [1.82, 2.24) is 10.6 Å². The Morgan fingerprint density at radius 2 is 2.00 bits per heavy atom. The highest BCUT2D eigenvalue weighted by molar-refractivity contribution is 9.11. The molecule has 104 valence electrons. The van der Waals surface area contributed by atoms with Crippen LogP contribution in [0.3, 0.4) is 0 Å².